The Hall–Kier alpha value is -2.34. The summed E-state index contributed by atoms with van der Waals surface area (Å²) in [4.78, 5) is 14.7. The van der Waals surface area contributed by atoms with E-state index in [9.17, 15) is 4.79 Å². The van der Waals surface area contributed by atoms with Crippen LogP contribution >= 0.6 is 0 Å². The molecule has 1 saturated carbocycles. The van der Waals surface area contributed by atoms with Gasteiger partial charge in [0.15, 0.2) is 0 Å². The zero-order chi connectivity index (χ0) is 18.5. The van der Waals surface area contributed by atoms with Crippen molar-refractivity contribution in [1.29, 1.82) is 0 Å². The topological polar surface area (TPSA) is 62.2 Å². The fourth-order valence-corrected chi connectivity index (χ4v) is 3.72. The van der Waals surface area contributed by atoms with Gasteiger partial charge in [-0.05, 0) is 56.2 Å². The van der Waals surface area contributed by atoms with E-state index in [-0.39, 0.29) is 6.03 Å². The van der Waals surface area contributed by atoms with Gasteiger partial charge in [-0.1, -0.05) is 30.3 Å². The Morgan fingerprint density at radius 1 is 1.04 bits per heavy atom. The summed E-state index contributed by atoms with van der Waals surface area (Å²) in [7, 11) is 0. The number of carbonyl (C=O) groups is 1. The molecule has 144 valence electrons. The second kappa shape index (κ2) is 8.57. The van der Waals surface area contributed by atoms with E-state index in [1.165, 1.54) is 18.4 Å². The number of aromatic nitrogens is 2. The number of nitrogens with zero attached hydrogens (tertiary/aromatic N) is 3. The maximum absolute atomic E-state index is 12.2. The molecule has 0 radical (unpaired) electrons. The molecule has 0 unspecified atom stereocenters. The van der Waals surface area contributed by atoms with Crippen LogP contribution in [0.2, 0.25) is 0 Å². The van der Waals surface area contributed by atoms with Gasteiger partial charge in [-0.15, -0.1) is 0 Å². The third-order valence-corrected chi connectivity index (χ3v) is 5.59. The molecule has 1 aliphatic heterocycles. The number of urea groups is 1. The molecule has 1 aliphatic carbocycles. The third kappa shape index (κ3) is 5.32. The highest BCUT2D eigenvalue weighted by Crippen LogP contribution is 2.31. The summed E-state index contributed by atoms with van der Waals surface area (Å²) in [6.45, 7) is 4.85. The lowest BCUT2D eigenvalue weighted by Crippen LogP contribution is -2.39. The molecular weight excluding hydrogens is 338 g/mol. The SMILES string of the molecule is O=C(NCC1CCN(Cc2ccccc2)CC1)Nc1ccnn1CC1CC1. The summed E-state index contributed by atoms with van der Waals surface area (Å²) in [5.74, 6) is 2.07. The largest absolute Gasteiger partial charge is 0.338 e. The van der Waals surface area contributed by atoms with Gasteiger partial charge < -0.3 is 5.32 Å². The van der Waals surface area contributed by atoms with Crippen molar-refractivity contribution < 1.29 is 4.79 Å². The summed E-state index contributed by atoms with van der Waals surface area (Å²) >= 11 is 0. The highest BCUT2D eigenvalue weighted by molar-refractivity contribution is 5.88. The quantitative estimate of drug-likeness (QED) is 0.789. The summed E-state index contributed by atoms with van der Waals surface area (Å²) in [6.07, 6.45) is 6.56. The zero-order valence-electron chi connectivity index (χ0n) is 15.8. The van der Waals surface area contributed by atoms with Crippen molar-refractivity contribution in [3.63, 3.8) is 0 Å². The number of hydrogen-bond acceptors (Lipinski definition) is 3. The second-order valence-electron chi connectivity index (χ2n) is 7.88. The summed E-state index contributed by atoms with van der Waals surface area (Å²) < 4.78 is 1.90. The smallest absolute Gasteiger partial charge is 0.320 e. The molecule has 1 aromatic carbocycles. The van der Waals surface area contributed by atoms with Gasteiger partial charge in [0.1, 0.15) is 5.82 Å². The average Bonchev–Trinajstić information content (AvgIpc) is 3.41. The van der Waals surface area contributed by atoms with Crippen molar-refractivity contribution in [1.82, 2.24) is 20.0 Å². The third-order valence-electron chi connectivity index (χ3n) is 5.59. The molecule has 2 fully saturated rings. The van der Waals surface area contributed by atoms with Gasteiger partial charge in [-0.25, -0.2) is 9.48 Å². The van der Waals surface area contributed by atoms with Gasteiger partial charge >= 0.3 is 6.03 Å². The van der Waals surface area contributed by atoms with Crippen molar-refractivity contribution in [2.24, 2.45) is 11.8 Å². The van der Waals surface area contributed by atoms with Crippen LogP contribution in [-0.2, 0) is 13.1 Å². The molecule has 2 aliphatic rings. The number of rotatable bonds is 7. The number of likely N-dealkylation sites (tertiary alicyclic amines) is 1. The Bertz CT molecular complexity index is 732. The minimum absolute atomic E-state index is 0.126. The lowest BCUT2D eigenvalue weighted by molar-refractivity contribution is 0.175. The zero-order valence-corrected chi connectivity index (χ0v) is 15.8. The molecule has 0 atom stereocenters. The minimum atomic E-state index is -0.126. The van der Waals surface area contributed by atoms with Gasteiger partial charge in [-0.3, -0.25) is 10.2 Å². The van der Waals surface area contributed by atoms with Gasteiger partial charge in [0.25, 0.3) is 0 Å². The molecule has 27 heavy (non-hydrogen) atoms. The van der Waals surface area contributed by atoms with Crippen molar-refractivity contribution >= 4 is 11.8 Å². The van der Waals surface area contributed by atoms with Crippen LogP contribution < -0.4 is 10.6 Å². The fraction of sp³-hybridized carbons (Fsp3) is 0.524. The molecule has 0 bridgehead atoms. The van der Waals surface area contributed by atoms with E-state index in [0.717, 1.165) is 57.3 Å². The van der Waals surface area contributed by atoms with E-state index in [4.69, 9.17) is 0 Å². The molecule has 1 saturated heterocycles. The lowest BCUT2D eigenvalue weighted by Gasteiger charge is -2.32. The maximum Gasteiger partial charge on any atom is 0.320 e. The van der Waals surface area contributed by atoms with E-state index in [1.54, 1.807) is 6.20 Å². The van der Waals surface area contributed by atoms with Crippen molar-refractivity contribution in [3.05, 3.63) is 48.2 Å². The van der Waals surface area contributed by atoms with E-state index in [2.05, 4.69) is 51.0 Å². The Morgan fingerprint density at radius 2 is 1.81 bits per heavy atom. The van der Waals surface area contributed by atoms with Crippen LogP contribution in [0.3, 0.4) is 0 Å². The Balaban J connectivity index is 1.16. The molecule has 0 spiro atoms. The predicted molar refractivity (Wildman–Crippen MR) is 106 cm³/mol. The van der Waals surface area contributed by atoms with E-state index in [0.29, 0.717) is 5.92 Å². The first-order valence-electron chi connectivity index (χ1n) is 10.1. The number of nitrogens with one attached hydrogen (secondary N) is 2. The molecule has 6 heteroatoms. The Labute approximate surface area is 160 Å². The van der Waals surface area contributed by atoms with Crippen LogP contribution in [0.1, 0.15) is 31.2 Å². The number of benzene rings is 1. The van der Waals surface area contributed by atoms with Crippen LogP contribution in [0.4, 0.5) is 10.6 Å². The van der Waals surface area contributed by atoms with Crippen LogP contribution in [0, 0.1) is 11.8 Å². The highest BCUT2D eigenvalue weighted by Gasteiger charge is 2.23. The van der Waals surface area contributed by atoms with Crippen LogP contribution in [-0.4, -0.2) is 40.3 Å². The lowest BCUT2D eigenvalue weighted by atomic mass is 9.96. The molecule has 2 aromatic rings. The van der Waals surface area contributed by atoms with Gasteiger partial charge in [0.05, 0.1) is 6.20 Å². The molecular formula is C21H29N5O. The number of piperidine rings is 1. The number of carbonyl (C=O) groups excluding carboxylic acids is 1. The predicted octanol–water partition coefficient (Wildman–Crippen LogP) is 3.33. The van der Waals surface area contributed by atoms with E-state index in [1.807, 2.05) is 10.7 Å². The summed E-state index contributed by atoms with van der Waals surface area (Å²) in [5.41, 5.74) is 1.37. The average molecular weight is 367 g/mol. The van der Waals surface area contributed by atoms with Crippen molar-refractivity contribution in [2.75, 3.05) is 25.0 Å². The van der Waals surface area contributed by atoms with E-state index < -0.39 is 0 Å². The fourth-order valence-electron chi connectivity index (χ4n) is 3.72. The minimum Gasteiger partial charge on any atom is -0.338 e. The number of amides is 2. The first-order chi connectivity index (χ1) is 13.3. The van der Waals surface area contributed by atoms with Crippen LogP contribution in [0.15, 0.2) is 42.6 Å². The van der Waals surface area contributed by atoms with Gasteiger partial charge in [-0.2, -0.15) is 5.10 Å². The number of anilines is 1. The van der Waals surface area contributed by atoms with Crippen molar-refractivity contribution in [2.45, 2.75) is 38.8 Å². The molecule has 2 amide bonds. The molecule has 6 nitrogen and oxygen atoms in total. The maximum atomic E-state index is 12.2. The second-order valence-corrected chi connectivity index (χ2v) is 7.88. The van der Waals surface area contributed by atoms with Crippen LogP contribution in [0.25, 0.3) is 0 Å². The standard InChI is InChI=1S/C21H29N5O/c27-21(24-20-8-11-23-26(20)16-19-6-7-19)22-14-17-9-12-25(13-10-17)15-18-4-2-1-3-5-18/h1-5,8,11,17,19H,6-7,9-10,12-16H2,(H2,22,24,27). The van der Waals surface area contributed by atoms with Crippen molar-refractivity contribution in [3.8, 4) is 0 Å². The first-order valence-corrected chi connectivity index (χ1v) is 10.1. The molecule has 1 aromatic heterocycles. The summed E-state index contributed by atoms with van der Waals surface area (Å²) in [5, 5.41) is 10.3. The van der Waals surface area contributed by atoms with E-state index >= 15 is 0 Å². The Kier molecular flexibility index (Phi) is 5.72. The summed E-state index contributed by atoms with van der Waals surface area (Å²) in [6, 6.07) is 12.4. The molecule has 2 N–H and O–H groups in total. The Morgan fingerprint density at radius 3 is 2.56 bits per heavy atom. The highest BCUT2D eigenvalue weighted by atomic mass is 16.2. The van der Waals surface area contributed by atoms with Gasteiger partial charge in [0, 0.05) is 25.7 Å². The monoisotopic (exact) mass is 367 g/mol. The van der Waals surface area contributed by atoms with Gasteiger partial charge in [0.2, 0.25) is 0 Å². The number of hydrogen-bond donors (Lipinski definition) is 2. The normalized spacial score (nSPS) is 18.4. The molecule has 2 heterocycles. The molecule has 4 rings (SSSR count). The first kappa shape index (κ1) is 18.0. The van der Waals surface area contributed by atoms with Crippen LogP contribution in [0.5, 0.6) is 0 Å².